The van der Waals surface area contributed by atoms with Gasteiger partial charge in [0.15, 0.2) is 0 Å². The smallest absolute Gasteiger partial charge is 0.376 e. The van der Waals surface area contributed by atoms with Gasteiger partial charge in [-0.1, -0.05) is 0 Å². The Hall–Kier alpha value is -1.96. The molecule has 1 aliphatic heterocycles. The Morgan fingerprint density at radius 2 is 2.11 bits per heavy atom. The molecule has 0 aromatic carbocycles. The van der Waals surface area contributed by atoms with Crippen molar-refractivity contribution in [2.45, 2.75) is 6.92 Å². The van der Waals surface area contributed by atoms with E-state index in [-0.39, 0.29) is 18.4 Å². The van der Waals surface area contributed by atoms with Crippen LogP contribution in [-0.2, 0) is 4.74 Å². The van der Waals surface area contributed by atoms with Gasteiger partial charge in [-0.25, -0.2) is 4.79 Å². The third-order valence-corrected chi connectivity index (χ3v) is 2.50. The number of aromatic nitrogens is 3. The summed E-state index contributed by atoms with van der Waals surface area (Å²) in [5.41, 5.74) is 5.59. The van der Waals surface area contributed by atoms with Crippen molar-refractivity contribution in [1.29, 1.82) is 0 Å². The first kappa shape index (κ1) is 12.5. The van der Waals surface area contributed by atoms with Gasteiger partial charge in [0.25, 0.3) is 0 Å². The fourth-order valence-corrected chi connectivity index (χ4v) is 1.67. The van der Waals surface area contributed by atoms with E-state index in [0.29, 0.717) is 5.95 Å². The van der Waals surface area contributed by atoms with E-state index < -0.39 is 5.97 Å². The van der Waals surface area contributed by atoms with Gasteiger partial charge in [-0.05, 0) is 6.92 Å². The van der Waals surface area contributed by atoms with E-state index in [2.05, 4.69) is 20.3 Å². The van der Waals surface area contributed by atoms with Gasteiger partial charge in [-0.2, -0.15) is 15.0 Å². The first-order chi connectivity index (χ1) is 8.70. The molecule has 1 fully saturated rings. The zero-order valence-electron chi connectivity index (χ0n) is 10.2. The van der Waals surface area contributed by atoms with Crippen LogP contribution >= 0.6 is 0 Å². The molecule has 0 saturated carbocycles. The van der Waals surface area contributed by atoms with Gasteiger partial charge in [0.05, 0.1) is 6.61 Å². The lowest BCUT2D eigenvalue weighted by atomic mass is 10.4. The van der Waals surface area contributed by atoms with Gasteiger partial charge in [0.1, 0.15) is 0 Å². The third kappa shape index (κ3) is 2.83. The van der Waals surface area contributed by atoms with Crippen LogP contribution in [0, 0.1) is 0 Å². The van der Waals surface area contributed by atoms with Crippen LogP contribution in [0.2, 0.25) is 0 Å². The van der Waals surface area contributed by atoms with E-state index in [1.54, 1.807) is 6.92 Å². The van der Waals surface area contributed by atoms with Gasteiger partial charge >= 0.3 is 5.97 Å². The highest BCUT2D eigenvalue weighted by Gasteiger charge is 2.18. The molecule has 1 saturated heterocycles. The summed E-state index contributed by atoms with van der Waals surface area (Å²) in [7, 11) is 0. The maximum absolute atomic E-state index is 11.6. The molecular formula is C10H16N6O2. The van der Waals surface area contributed by atoms with Crippen LogP contribution in [0.15, 0.2) is 0 Å². The number of anilines is 2. The molecule has 0 amide bonds. The van der Waals surface area contributed by atoms with E-state index in [0.717, 1.165) is 26.2 Å². The van der Waals surface area contributed by atoms with Crippen molar-refractivity contribution in [3.05, 3.63) is 5.82 Å². The van der Waals surface area contributed by atoms with E-state index >= 15 is 0 Å². The van der Waals surface area contributed by atoms with Crippen molar-refractivity contribution in [2.24, 2.45) is 0 Å². The number of nitrogens with two attached hydrogens (primary N) is 1. The largest absolute Gasteiger partial charge is 0.460 e. The number of hydrogen-bond acceptors (Lipinski definition) is 8. The fourth-order valence-electron chi connectivity index (χ4n) is 1.67. The number of ether oxygens (including phenoxy) is 1. The Morgan fingerprint density at radius 1 is 1.39 bits per heavy atom. The van der Waals surface area contributed by atoms with Crippen LogP contribution in [0.25, 0.3) is 0 Å². The number of rotatable bonds is 3. The second-order valence-electron chi connectivity index (χ2n) is 3.77. The molecule has 0 bridgehead atoms. The molecular weight excluding hydrogens is 236 g/mol. The SMILES string of the molecule is CCOC(=O)c1nc(N)nc(N2CCNCC2)n1. The summed E-state index contributed by atoms with van der Waals surface area (Å²) < 4.78 is 4.85. The highest BCUT2D eigenvalue weighted by Crippen LogP contribution is 2.10. The van der Waals surface area contributed by atoms with Gasteiger partial charge in [0, 0.05) is 26.2 Å². The van der Waals surface area contributed by atoms with Gasteiger partial charge < -0.3 is 20.7 Å². The summed E-state index contributed by atoms with van der Waals surface area (Å²) in [6.07, 6.45) is 0. The predicted molar refractivity (Wildman–Crippen MR) is 65.3 cm³/mol. The minimum absolute atomic E-state index is 0.0292. The molecule has 0 atom stereocenters. The summed E-state index contributed by atoms with van der Waals surface area (Å²) in [6.45, 7) is 5.23. The Kier molecular flexibility index (Phi) is 3.88. The summed E-state index contributed by atoms with van der Waals surface area (Å²) in [5.74, 6) is -0.172. The molecule has 8 heteroatoms. The van der Waals surface area contributed by atoms with Crippen LogP contribution in [0.5, 0.6) is 0 Å². The topological polar surface area (TPSA) is 106 Å². The van der Waals surface area contributed by atoms with Crippen molar-refractivity contribution >= 4 is 17.9 Å². The Morgan fingerprint density at radius 3 is 2.78 bits per heavy atom. The average molecular weight is 252 g/mol. The maximum atomic E-state index is 11.6. The molecule has 1 aliphatic rings. The molecule has 1 aromatic heterocycles. The van der Waals surface area contributed by atoms with Gasteiger partial charge in [-0.3, -0.25) is 0 Å². The Bertz CT molecular complexity index is 432. The zero-order valence-corrected chi connectivity index (χ0v) is 10.2. The van der Waals surface area contributed by atoms with Crippen molar-refractivity contribution in [3.8, 4) is 0 Å². The molecule has 98 valence electrons. The highest BCUT2D eigenvalue weighted by molar-refractivity contribution is 5.85. The highest BCUT2D eigenvalue weighted by atomic mass is 16.5. The average Bonchev–Trinajstić information content (AvgIpc) is 2.39. The van der Waals surface area contributed by atoms with E-state index in [1.165, 1.54) is 0 Å². The molecule has 0 radical (unpaired) electrons. The lowest BCUT2D eigenvalue weighted by Gasteiger charge is -2.27. The second kappa shape index (κ2) is 5.58. The molecule has 8 nitrogen and oxygen atoms in total. The van der Waals surface area contributed by atoms with Crippen molar-refractivity contribution in [1.82, 2.24) is 20.3 Å². The molecule has 0 aliphatic carbocycles. The summed E-state index contributed by atoms with van der Waals surface area (Å²) in [4.78, 5) is 25.5. The quantitative estimate of drug-likeness (QED) is 0.662. The number of hydrogen-bond donors (Lipinski definition) is 2. The Labute approximate surface area is 105 Å². The monoisotopic (exact) mass is 252 g/mol. The van der Waals surface area contributed by atoms with Crippen molar-refractivity contribution in [2.75, 3.05) is 43.4 Å². The van der Waals surface area contributed by atoms with Gasteiger partial charge in [-0.15, -0.1) is 0 Å². The summed E-state index contributed by atoms with van der Waals surface area (Å²) in [5, 5.41) is 3.22. The van der Waals surface area contributed by atoms with Crippen LogP contribution in [0.4, 0.5) is 11.9 Å². The molecule has 0 spiro atoms. The van der Waals surface area contributed by atoms with E-state index in [9.17, 15) is 4.79 Å². The number of carbonyl (C=O) groups is 1. The first-order valence-electron chi connectivity index (χ1n) is 5.85. The van der Waals surface area contributed by atoms with Crippen molar-refractivity contribution < 1.29 is 9.53 Å². The van der Waals surface area contributed by atoms with Gasteiger partial charge in [0.2, 0.25) is 17.7 Å². The van der Waals surface area contributed by atoms with Crippen LogP contribution < -0.4 is 16.0 Å². The molecule has 1 aromatic rings. The second-order valence-corrected chi connectivity index (χ2v) is 3.77. The lowest BCUT2D eigenvalue weighted by Crippen LogP contribution is -2.44. The molecule has 3 N–H and O–H groups in total. The molecule has 2 rings (SSSR count). The predicted octanol–water partition coefficient (Wildman–Crippen LogP) is -0.960. The van der Waals surface area contributed by atoms with Crippen LogP contribution in [-0.4, -0.2) is 53.7 Å². The number of nitrogens with zero attached hydrogens (tertiary/aromatic N) is 4. The third-order valence-electron chi connectivity index (χ3n) is 2.50. The van der Waals surface area contributed by atoms with E-state index in [1.807, 2.05) is 4.90 Å². The minimum Gasteiger partial charge on any atom is -0.460 e. The fraction of sp³-hybridized carbons (Fsp3) is 0.600. The molecule has 0 unspecified atom stereocenters. The number of nitrogens with one attached hydrogen (secondary N) is 1. The zero-order chi connectivity index (χ0) is 13.0. The van der Waals surface area contributed by atoms with Crippen LogP contribution in [0.3, 0.4) is 0 Å². The van der Waals surface area contributed by atoms with Crippen LogP contribution in [0.1, 0.15) is 17.5 Å². The lowest BCUT2D eigenvalue weighted by molar-refractivity contribution is 0.0512. The number of nitrogen functional groups attached to an aromatic ring is 1. The normalized spacial score (nSPS) is 15.5. The standard InChI is InChI=1S/C10H16N6O2/c1-2-18-8(17)7-13-9(11)15-10(14-7)16-5-3-12-4-6-16/h12H,2-6H2,1H3,(H2,11,13,14,15). The molecule has 18 heavy (non-hydrogen) atoms. The summed E-state index contributed by atoms with van der Waals surface area (Å²) >= 11 is 0. The molecule has 2 heterocycles. The summed E-state index contributed by atoms with van der Waals surface area (Å²) in [6, 6.07) is 0. The van der Waals surface area contributed by atoms with E-state index in [4.69, 9.17) is 10.5 Å². The number of esters is 1. The first-order valence-corrected chi connectivity index (χ1v) is 5.85. The maximum Gasteiger partial charge on any atom is 0.376 e. The van der Waals surface area contributed by atoms with Crippen molar-refractivity contribution in [3.63, 3.8) is 0 Å². The number of piperazine rings is 1. The number of carbonyl (C=O) groups excluding carboxylic acids is 1. The Balaban J connectivity index is 2.22. The minimum atomic E-state index is -0.581.